The Hall–Kier alpha value is -4.21. The summed E-state index contributed by atoms with van der Waals surface area (Å²) in [7, 11) is 3.27. The third-order valence-corrected chi connectivity index (χ3v) is 4.81. The fourth-order valence-corrected chi connectivity index (χ4v) is 3.33. The van der Waals surface area contributed by atoms with Gasteiger partial charge in [-0.05, 0) is 40.8 Å². The first-order valence-corrected chi connectivity index (χ1v) is 9.24. The second-order valence-corrected chi connectivity index (χ2v) is 6.54. The van der Waals surface area contributed by atoms with Gasteiger partial charge in [0.15, 0.2) is 5.82 Å². The number of nitrogens with zero attached hydrogens (tertiary/aromatic N) is 6. The van der Waals surface area contributed by atoms with Crippen LogP contribution in [0.25, 0.3) is 17.1 Å². The standard InChI is InChI=1S/C20H18N8O2/c1-29-13-7-8-17(30-2)12(9-13)10-21-20-22-11-14-18(24-20)23-15-5-3-4-6-16(15)28-19(14)25-26-27-28/h3-9,11H,10H2,1-2H3,(H2,21,22,23,24). The first kappa shape index (κ1) is 17.9. The molecule has 30 heavy (non-hydrogen) atoms. The van der Waals surface area contributed by atoms with E-state index in [4.69, 9.17) is 9.47 Å². The van der Waals surface area contributed by atoms with Crippen molar-refractivity contribution in [1.29, 1.82) is 0 Å². The molecule has 0 saturated carbocycles. The summed E-state index contributed by atoms with van der Waals surface area (Å²) in [6, 6.07) is 13.4. The van der Waals surface area contributed by atoms with Gasteiger partial charge in [0.1, 0.15) is 17.3 Å². The number of aromatic nitrogens is 6. The number of hydrogen-bond acceptors (Lipinski definition) is 9. The average Bonchev–Trinajstić information content (AvgIpc) is 3.23. The van der Waals surface area contributed by atoms with Gasteiger partial charge in [0.25, 0.3) is 0 Å². The van der Waals surface area contributed by atoms with Crippen LogP contribution in [0.2, 0.25) is 0 Å². The molecule has 0 amide bonds. The lowest BCUT2D eigenvalue weighted by atomic mass is 10.2. The first-order chi connectivity index (χ1) is 14.8. The number of para-hydroxylation sites is 2. The number of hydrogen-bond donors (Lipinski definition) is 2. The molecule has 4 aromatic rings. The Labute approximate surface area is 171 Å². The number of fused-ring (bicyclic) bond motifs is 5. The third kappa shape index (κ3) is 3.04. The van der Waals surface area contributed by atoms with E-state index in [0.29, 0.717) is 29.7 Å². The van der Waals surface area contributed by atoms with E-state index in [0.717, 1.165) is 28.4 Å². The molecule has 0 radical (unpaired) electrons. The smallest absolute Gasteiger partial charge is 0.224 e. The predicted molar refractivity (Wildman–Crippen MR) is 110 cm³/mol. The van der Waals surface area contributed by atoms with E-state index in [1.807, 2.05) is 42.5 Å². The van der Waals surface area contributed by atoms with Crippen molar-refractivity contribution >= 4 is 17.5 Å². The number of rotatable bonds is 5. The molecule has 10 heteroatoms. The summed E-state index contributed by atoms with van der Waals surface area (Å²) in [6.45, 7) is 0.466. The summed E-state index contributed by atoms with van der Waals surface area (Å²) in [5.74, 6) is 3.16. The highest BCUT2D eigenvalue weighted by atomic mass is 16.5. The van der Waals surface area contributed by atoms with E-state index in [1.54, 1.807) is 25.1 Å². The molecule has 0 fully saturated rings. The number of nitrogens with one attached hydrogen (secondary N) is 2. The van der Waals surface area contributed by atoms with Crippen molar-refractivity contribution in [1.82, 2.24) is 30.2 Å². The molecular formula is C20H18N8O2. The van der Waals surface area contributed by atoms with Crippen LogP contribution < -0.4 is 20.1 Å². The number of methoxy groups -OCH3 is 2. The Kier molecular flexibility index (Phi) is 4.36. The van der Waals surface area contributed by atoms with Crippen molar-refractivity contribution in [3.8, 4) is 28.6 Å². The van der Waals surface area contributed by atoms with Crippen LogP contribution in [-0.2, 0) is 6.54 Å². The van der Waals surface area contributed by atoms with Gasteiger partial charge in [0, 0.05) is 18.3 Å². The van der Waals surface area contributed by atoms with Crippen LogP contribution in [0.5, 0.6) is 11.5 Å². The van der Waals surface area contributed by atoms with Crippen LogP contribution in [0.15, 0.2) is 48.7 Å². The van der Waals surface area contributed by atoms with E-state index >= 15 is 0 Å². The fourth-order valence-electron chi connectivity index (χ4n) is 3.33. The van der Waals surface area contributed by atoms with Crippen molar-refractivity contribution < 1.29 is 9.47 Å². The molecule has 0 spiro atoms. The number of benzene rings is 2. The maximum absolute atomic E-state index is 5.44. The Morgan fingerprint density at radius 2 is 2.00 bits per heavy atom. The summed E-state index contributed by atoms with van der Waals surface area (Å²) in [5.41, 5.74) is 3.33. The summed E-state index contributed by atoms with van der Waals surface area (Å²) in [4.78, 5) is 9.09. The van der Waals surface area contributed by atoms with Crippen LogP contribution in [-0.4, -0.2) is 44.4 Å². The van der Waals surface area contributed by atoms with Crippen molar-refractivity contribution in [3.05, 3.63) is 54.2 Å². The van der Waals surface area contributed by atoms with Gasteiger partial charge in [-0.2, -0.15) is 9.67 Å². The van der Waals surface area contributed by atoms with Gasteiger partial charge in [0.2, 0.25) is 5.95 Å². The van der Waals surface area contributed by atoms with E-state index < -0.39 is 0 Å². The third-order valence-electron chi connectivity index (χ3n) is 4.81. The fraction of sp³-hybridized carbons (Fsp3) is 0.150. The summed E-state index contributed by atoms with van der Waals surface area (Å²) in [5, 5.41) is 18.7. The molecule has 1 aliphatic rings. The largest absolute Gasteiger partial charge is 0.497 e. The van der Waals surface area contributed by atoms with E-state index in [9.17, 15) is 0 Å². The molecule has 0 unspecified atom stereocenters. The zero-order valence-corrected chi connectivity index (χ0v) is 16.3. The minimum Gasteiger partial charge on any atom is -0.497 e. The number of ether oxygens (including phenoxy) is 2. The molecular weight excluding hydrogens is 384 g/mol. The Balaban J connectivity index is 1.47. The van der Waals surface area contributed by atoms with Crippen molar-refractivity contribution in [3.63, 3.8) is 0 Å². The maximum Gasteiger partial charge on any atom is 0.224 e. The summed E-state index contributed by atoms with van der Waals surface area (Å²) in [6.07, 6.45) is 1.70. The van der Waals surface area contributed by atoms with Crippen molar-refractivity contribution in [2.75, 3.05) is 24.9 Å². The van der Waals surface area contributed by atoms with Crippen LogP contribution in [0.3, 0.4) is 0 Å². The topological polar surface area (TPSA) is 112 Å². The van der Waals surface area contributed by atoms with E-state index in [2.05, 4.69) is 36.1 Å². The van der Waals surface area contributed by atoms with Crippen molar-refractivity contribution in [2.24, 2.45) is 0 Å². The molecule has 0 saturated heterocycles. The molecule has 2 N–H and O–H groups in total. The zero-order valence-electron chi connectivity index (χ0n) is 16.3. The Morgan fingerprint density at radius 1 is 1.10 bits per heavy atom. The lowest BCUT2D eigenvalue weighted by Crippen LogP contribution is -2.07. The second kappa shape index (κ2) is 7.32. The highest BCUT2D eigenvalue weighted by Gasteiger charge is 2.23. The van der Waals surface area contributed by atoms with Crippen molar-refractivity contribution in [2.45, 2.75) is 6.54 Å². The molecule has 150 valence electrons. The molecule has 2 aromatic carbocycles. The van der Waals surface area contributed by atoms with Gasteiger partial charge in [-0.1, -0.05) is 12.1 Å². The molecule has 2 aromatic heterocycles. The molecule has 0 aliphatic carbocycles. The zero-order chi connectivity index (χ0) is 20.5. The quantitative estimate of drug-likeness (QED) is 0.458. The van der Waals surface area contributed by atoms with Gasteiger partial charge >= 0.3 is 0 Å². The average molecular weight is 402 g/mol. The predicted octanol–water partition coefficient (Wildman–Crippen LogP) is 2.81. The molecule has 3 heterocycles. The minimum atomic E-state index is 0.463. The second-order valence-electron chi connectivity index (χ2n) is 6.54. The molecule has 5 rings (SSSR count). The monoisotopic (exact) mass is 402 g/mol. The van der Waals surface area contributed by atoms with Gasteiger partial charge in [0.05, 0.1) is 31.2 Å². The summed E-state index contributed by atoms with van der Waals surface area (Å²) >= 11 is 0. The lowest BCUT2D eigenvalue weighted by molar-refractivity contribution is 0.399. The molecule has 1 aliphatic heterocycles. The van der Waals surface area contributed by atoms with E-state index in [-0.39, 0.29) is 0 Å². The Bertz CT molecular complexity index is 1220. The molecule has 10 nitrogen and oxygen atoms in total. The van der Waals surface area contributed by atoms with Crippen LogP contribution in [0, 0.1) is 0 Å². The maximum atomic E-state index is 5.44. The lowest BCUT2D eigenvalue weighted by Gasteiger charge is -2.13. The van der Waals surface area contributed by atoms with Gasteiger partial charge in [-0.25, -0.2) is 4.98 Å². The van der Waals surface area contributed by atoms with Gasteiger partial charge in [-0.3, -0.25) is 0 Å². The van der Waals surface area contributed by atoms with Crippen LogP contribution in [0.1, 0.15) is 5.56 Å². The van der Waals surface area contributed by atoms with E-state index in [1.165, 1.54) is 0 Å². The van der Waals surface area contributed by atoms with Crippen LogP contribution >= 0.6 is 0 Å². The highest BCUT2D eigenvalue weighted by molar-refractivity contribution is 5.81. The van der Waals surface area contributed by atoms with Crippen LogP contribution in [0.4, 0.5) is 17.5 Å². The Morgan fingerprint density at radius 3 is 2.87 bits per heavy atom. The van der Waals surface area contributed by atoms with Gasteiger partial charge in [-0.15, -0.1) is 5.10 Å². The first-order valence-electron chi connectivity index (χ1n) is 9.24. The number of tetrazole rings is 1. The summed E-state index contributed by atoms with van der Waals surface area (Å²) < 4.78 is 12.4. The SMILES string of the molecule is COc1ccc(OC)c(CNc2ncc3c(n2)Nc2ccccc2-n2nnnc2-3)c1. The minimum absolute atomic E-state index is 0.463. The normalized spacial score (nSPS) is 11.4. The highest BCUT2D eigenvalue weighted by Crippen LogP contribution is 2.35. The van der Waals surface area contributed by atoms with Gasteiger partial charge < -0.3 is 20.1 Å². The number of anilines is 3. The molecule has 0 atom stereocenters. The molecule has 0 bridgehead atoms.